The van der Waals surface area contributed by atoms with E-state index in [9.17, 15) is 19.5 Å². The standard InChI is InChI=1S/C23H24N6O4S/c1-3-27-13-17(21(32)33)18(30)16-12-24-22(25-19(16)27)28-8-10-29(11-9-28)23(34)26-20(31)15-7-5-4-6-14(15)2/h4-7,12-13H,3,8-11H2,1-2H3,(H,32,33)(H,26,31,34)/p-1. The number of pyridine rings is 1. The number of hydrogen-bond donors (Lipinski definition) is 1. The van der Waals surface area contributed by atoms with Gasteiger partial charge in [-0.25, -0.2) is 4.98 Å². The molecule has 4 rings (SSSR count). The van der Waals surface area contributed by atoms with E-state index in [1.54, 1.807) is 10.6 Å². The first-order chi connectivity index (χ1) is 16.3. The number of aromatic nitrogens is 3. The molecule has 34 heavy (non-hydrogen) atoms. The summed E-state index contributed by atoms with van der Waals surface area (Å²) >= 11 is 5.45. The summed E-state index contributed by atoms with van der Waals surface area (Å²) in [5.74, 6) is -1.33. The minimum Gasteiger partial charge on any atom is -0.545 e. The van der Waals surface area contributed by atoms with Crippen LogP contribution in [0, 0.1) is 6.92 Å². The molecule has 0 atom stereocenters. The molecule has 2 aromatic heterocycles. The van der Waals surface area contributed by atoms with Gasteiger partial charge in [0.25, 0.3) is 5.91 Å². The largest absolute Gasteiger partial charge is 0.545 e. The van der Waals surface area contributed by atoms with Crippen LogP contribution < -0.4 is 20.8 Å². The van der Waals surface area contributed by atoms with Gasteiger partial charge in [-0.1, -0.05) is 18.2 Å². The first-order valence-electron chi connectivity index (χ1n) is 10.8. The maximum atomic E-state index is 12.6. The Bertz CT molecular complexity index is 1350. The number of aryl methyl sites for hydroxylation is 2. The van der Waals surface area contributed by atoms with Crippen molar-refractivity contribution in [3.8, 4) is 0 Å². The van der Waals surface area contributed by atoms with Crippen molar-refractivity contribution in [2.24, 2.45) is 0 Å². The molecule has 0 unspecified atom stereocenters. The summed E-state index contributed by atoms with van der Waals surface area (Å²) < 4.78 is 1.60. The highest BCUT2D eigenvalue weighted by atomic mass is 32.1. The van der Waals surface area contributed by atoms with Gasteiger partial charge in [0.2, 0.25) is 11.4 Å². The van der Waals surface area contributed by atoms with Gasteiger partial charge in [-0.15, -0.1) is 0 Å². The average molecular weight is 480 g/mol. The van der Waals surface area contributed by atoms with E-state index in [-0.39, 0.29) is 11.3 Å². The Morgan fingerprint density at radius 3 is 2.50 bits per heavy atom. The second-order valence-corrected chi connectivity index (χ2v) is 8.29. The molecule has 0 bridgehead atoms. The zero-order chi connectivity index (χ0) is 24.4. The SMILES string of the molecule is CCn1cc(C(=O)[O-])c(=O)c2cnc(N3CCN(C(=S)NC(=O)c4ccccc4C)CC3)nc21. The van der Waals surface area contributed by atoms with E-state index < -0.39 is 17.0 Å². The zero-order valence-electron chi connectivity index (χ0n) is 18.8. The van der Waals surface area contributed by atoms with Crippen LogP contribution in [0.3, 0.4) is 0 Å². The molecule has 1 aromatic carbocycles. The molecule has 176 valence electrons. The summed E-state index contributed by atoms with van der Waals surface area (Å²) in [7, 11) is 0. The van der Waals surface area contributed by atoms with E-state index in [1.165, 1.54) is 12.4 Å². The van der Waals surface area contributed by atoms with Crippen LogP contribution in [0.25, 0.3) is 11.0 Å². The Kier molecular flexibility index (Phi) is 6.55. The topological polar surface area (TPSA) is 123 Å². The fourth-order valence-electron chi connectivity index (χ4n) is 3.88. The van der Waals surface area contributed by atoms with Crippen molar-refractivity contribution in [3.63, 3.8) is 0 Å². The van der Waals surface area contributed by atoms with Crippen molar-refractivity contribution < 1.29 is 14.7 Å². The number of benzene rings is 1. The van der Waals surface area contributed by atoms with E-state index >= 15 is 0 Å². The van der Waals surface area contributed by atoms with Crippen LogP contribution in [0.15, 0.2) is 41.5 Å². The molecule has 0 radical (unpaired) electrons. The lowest BCUT2D eigenvalue weighted by Gasteiger charge is -2.36. The fraction of sp³-hybridized carbons (Fsp3) is 0.304. The number of thiocarbonyl (C=S) groups is 1. The lowest BCUT2D eigenvalue weighted by atomic mass is 10.1. The minimum atomic E-state index is -1.53. The second kappa shape index (κ2) is 9.56. The van der Waals surface area contributed by atoms with Gasteiger partial charge in [0.1, 0.15) is 5.65 Å². The van der Waals surface area contributed by atoms with Crippen LogP contribution in [0.5, 0.6) is 0 Å². The smallest absolute Gasteiger partial charge is 0.257 e. The Morgan fingerprint density at radius 1 is 1.15 bits per heavy atom. The monoisotopic (exact) mass is 479 g/mol. The lowest BCUT2D eigenvalue weighted by Crippen LogP contribution is -2.53. The maximum Gasteiger partial charge on any atom is 0.257 e. The molecule has 1 amide bonds. The highest BCUT2D eigenvalue weighted by molar-refractivity contribution is 7.80. The minimum absolute atomic E-state index is 0.131. The summed E-state index contributed by atoms with van der Waals surface area (Å²) in [5.41, 5.74) is 0.743. The molecule has 1 saturated heterocycles. The van der Waals surface area contributed by atoms with Gasteiger partial charge in [-0.2, -0.15) is 4.98 Å². The van der Waals surface area contributed by atoms with Crippen LogP contribution in [0.4, 0.5) is 5.95 Å². The van der Waals surface area contributed by atoms with Crippen molar-refractivity contribution in [3.05, 3.63) is 63.6 Å². The number of hydrogen-bond acceptors (Lipinski definition) is 8. The number of carboxylic acids is 1. The van der Waals surface area contributed by atoms with Crippen LogP contribution in [0.2, 0.25) is 0 Å². The number of carboxylic acid groups (broad SMARTS) is 1. The lowest BCUT2D eigenvalue weighted by molar-refractivity contribution is -0.255. The van der Waals surface area contributed by atoms with Crippen molar-refractivity contribution in [1.29, 1.82) is 0 Å². The molecule has 10 nitrogen and oxygen atoms in total. The molecule has 3 aromatic rings. The number of nitrogens with zero attached hydrogens (tertiary/aromatic N) is 5. The molecule has 3 heterocycles. The number of rotatable bonds is 4. The number of fused-ring (bicyclic) bond motifs is 1. The molecule has 1 aliphatic heterocycles. The maximum absolute atomic E-state index is 12.6. The molecular weight excluding hydrogens is 456 g/mol. The van der Waals surface area contributed by atoms with Gasteiger partial charge in [0.05, 0.1) is 16.9 Å². The van der Waals surface area contributed by atoms with Gasteiger partial charge < -0.3 is 24.3 Å². The third-order valence-corrected chi connectivity index (χ3v) is 6.18. The highest BCUT2D eigenvalue weighted by Gasteiger charge is 2.23. The number of carbonyl (C=O) groups excluding carboxylic acids is 2. The van der Waals surface area contributed by atoms with E-state index in [2.05, 4.69) is 15.3 Å². The van der Waals surface area contributed by atoms with Crippen molar-refractivity contribution in [2.75, 3.05) is 31.1 Å². The van der Waals surface area contributed by atoms with Crippen LogP contribution >= 0.6 is 12.2 Å². The number of carbonyl (C=O) groups is 2. The average Bonchev–Trinajstić information content (AvgIpc) is 2.84. The summed E-state index contributed by atoms with van der Waals surface area (Å²) in [4.78, 5) is 49.0. The molecule has 11 heteroatoms. The Balaban J connectivity index is 1.47. The van der Waals surface area contributed by atoms with E-state index in [0.717, 1.165) is 5.56 Å². The highest BCUT2D eigenvalue weighted by Crippen LogP contribution is 2.16. The zero-order valence-corrected chi connectivity index (χ0v) is 19.6. The molecule has 1 fully saturated rings. The molecule has 0 aliphatic carbocycles. The first-order valence-corrected chi connectivity index (χ1v) is 11.2. The van der Waals surface area contributed by atoms with E-state index in [0.29, 0.717) is 55.0 Å². The third-order valence-electron chi connectivity index (χ3n) is 5.82. The molecule has 0 spiro atoms. The van der Waals surface area contributed by atoms with Gasteiger partial charge in [-0.05, 0) is 37.7 Å². The van der Waals surface area contributed by atoms with Crippen LogP contribution in [0.1, 0.15) is 33.2 Å². The summed E-state index contributed by atoms with van der Waals surface area (Å²) in [6.07, 6.45) is 2.61. The first kappa shape index (κ1) is 23.3. The number of anilines is 1. The van der Waals surface area contributed by atoms with Gasteiger partial charge >= 0.3 is 0 Å². The van der Waals surface area contributed by atoms with Gasteiger partial charge in [-0.3, -0.25) is 14.9 Å². The van der Waals surface area contributed by atoms with E-state index in [4.69, 9.17) is 12.2 Å². The number of aromatic carboxylic acids is 1. The Hall–Kier alpha value is -3.86. The molecule has 0 saturated carbocycles. The van der Waals surface area contributed by atoms with Crippen LogP contribution in [-0.2, 0) is 6.54 Å². The fourth-order valence-corrected chi connectivity index (χ4v) is 4.16. The molecule has 1 N–H and O–H groups in total. The quantitative estimate of drug-likeness (QED) is 0.527. The van der Waals surface area contributed by atoms with Crippen molar-refractivity contribution in [1.82, 2.24) is 24.8 Å². The normalized spacial score (nSPS) is 13.7. The van der Waals surface area contributed by atoms with E-state index in [1.807, 2.05) is 41.8 Å². The molecule has 1 aliphatic rings. The van der Waals surface area contributed by atoms with Crippen molar-refractivity contribution in [2.45, 2.75) is 20.4 Å². The Labute approximate surface area is 200 Å². The summed E-state index contributed by atoms with van der Waals surface area (Å²) in [6, 6.07) is 7.32. The second-order valence-electron chi connectivity index (χ2n) is 7.90. The predicted molar refractivity (Wildman–Crippen MR) is 129 cm³/mol. The summed E-state index contributed by atoms with van der Waals surface area (Å²) in [6.45, 7) is 6.35. The predicted octanol–water partition coefficient (Wildman–Crippen LogP) is 0.320. The van der Waals surface area contributed by atoms with Crippen LogP contribution in [-0.4, -0.2) is 62.6 Å². The van der Waals surface area contributed by atoms with Crippen molar-refractivity contribution >= 4 is 46.2 Å². The number of amides is 1. The number of piperazine rings is 1. The third kappa shape index (κ3) is 4.46. The summed E-state index contributed by atoms with van der Waals surface area (Å²) in [5, 5.41) is 14.6. The Morgan fingerprint density at radius 2 is 1.85 bits per heavy atom. The van der Waals surface area contributed by atoms with Gasteiger partial charge in [0, 0.05) is 50.7 Å². The molecular formula is C23H23N6O4S-. The van der Waals surface area contributed by atoms with Gasteiger partial charge in [0.15, 0.2) is 5.11 Å². The number of nitrogens with one attached hydrogen (secondary N) is 1.